The molecular formula is C19H22N2O. The maximum absolute atomic E-state index is 11.9. The minimum atomic E-state index is 0.117. The van der Waals surface area contributed by atoms with Crippen molar-refractivity contribution in [2.45, 2.75) is 39.3 Å². The van der Waals surface area contributed by atoms with Gasteiger partial charge in [-0.05, 0) is 60.2 Å². The van der Waals surface area contributed by atoms with E-state index in [9.17, 15) is 4.79 Å². The smallest absolute Gasteiger partial charge is 0.224 e. The van der Waals surface area contributed by atoms with Gasteiger partial charge in [0.1, 0.15) is 0 Å². The van der Waals surface area contributed by atoms with E-state index in [4.69, 9.17) is 5.73 Å². The van der Waals surface area contributed by atoms with Crippen LogP contribution in [0.15, 0.2) is 42.5 Å². The Bertz CT molecular complexity index is 708. The monoisotopic (exact) mass is 294 g/mol. The highest BCUT2D eigenvalue weighted by atomic mass is 16.2. The zero-order valence-electron chi connectivity index (χ0n) is 13.2. The predicted octanol–water partition coefficient (Wildman–Crippen LogP) is 3.50. The molecule has 0 saturated carbocycles. The quantitative estimate of drug-likeness (QED) is 0.921. The number of fused-ring (bicyclic) bond motifs is 1. The Morgan fingerprint density at radius 2 is 2.00 bits per heavy atom. The van der Waals surface area contributed by atoms with E-state index in [0.717, 1.165) is 24.1 Å². The van der Waals surface area contributed by atoms with Crippen molar-refractivity contribution >= 4 is 11.6 Å². The number of amides is 1. The fraction of sp³-hybridized carbons (Fsp3) is 0.316. The summed E-state index contributed by atoms with van der Waals surface area (Å²) in [7, 11) is 0. The van der Waals surface area contributed by atoms with Gasteiger partial charge in [-0.3, -0.25) is 4.79 Å². The lowest BCUT2D eigenvalue weighted by molar-refractivity contribution is -0.117. The molecule has 0 radical (unpaired) electrons. The van der Waals surface area contributed by atoms with Crippen LogP contribution in [0.25, 0.3) is 11.1 Å². The molecule has 0 aromatic heterocycles. The van der Waals surface area contributed by atoms with Crippen molar-refractivity contribution in [1.82, 2.24) is 0 Å². The van der Waals surface area contributed by atoms with Gasteiger partial charge >= 0.3 is 0 Å². The normalized spacial score (nSPS) is 17.2. The van der Waals surface area contributed by atoms with Gasteiger partial charge in [-0.1, -0.05) is 24.3 Å². The molecule has 1 atom stereocenters. The Labute approximate surface area is 131 Å². The first-order valence-electron chi connectivity index (χ1n) is 7.82. The Balaban J connectivity index is 2.02. The summed E-state index contributed by atoms with van der Waals surface area (Å²) in [6, 6.07) is 15.0. The molecule has 1 aliphatic rings. The minimum Gasteiger partial charge on any atom is -0.326 e. The summed E-state index contributed by atoms with van der Waals surface area (Å²) in [4.78, 5) is 13.8. The molecule has 1 aliphatic heterocycles. The lowest BCUT2D eigenvalue weighted by Gasteiger charge is -2.34. The molecule has 3 rings (SSSR count). The van der Waals surface area contributed by atoms with Crippen molar-refractivity contribution in [2.24, 2.45) is 5.73 Å². The molecule has 0 bridgehead atoms. The van der Waals surface area contributed by atoms with Gasteiger partial charge in [0.15, 0.2) is 0 Å². The van der Waals surface area contributed by atoms with Crippen LogP contribution >= 0.6 is 0 Å². The van der Waals surface area contributed by atoms with E-state index in [1.54, 1.807) is 6.92 Å². The van der Waals surface area contributed by atoms with Gasteiger partial charge in [-0.25, -0.2) is 0 Å². The van der Waals surface area contributed by atoms with E-state index in [0.29, 0.717) is 6.54 Å². The van der Waals surface area contributed by atoms with Crippen LogP contribution in [0, 0.1) is 0 Å². The van der Waals surface area contributed by atoms with Gasteiger partial charge < -0.3 is 10.6 Å². The number of carbonyl (C=O) groups is 1. The highest BCUT2D eigenvalue weighted by Crippen LogP contribution is 2.34. The molecule has 114 valence electrons. The van der Waals surface area contributed by atoms with Crippen molar-refractivity contribution in [3.63, 3.8) is 0 Å². The van der Waals surface area contributed by atoms with Crippen LogP contribution in [-0.4, -0.2) is 11.9 Å². The fourth-order valence-corrected chi connectivity index (χ4v) is 3.29. The molecule has 1 amide bonds. The third-order valence-electron chi connectivity index (χ3n) is 4.45. The Hall–Kier alpha value is -2.13. The van der Waals surface area contributed by atoms with Crippen molar-refractivity contribution in [1.29, 1.82) is 0 Å². The van der Waals surface area contributed by atoms with Crippen LogP contribution in [0.4, 0.5) is 5.69 Å². The Morgan fingerprint density at radius 1 is 1.23 bits per heavy atom. The molecule has 2 aromatic rings. The topological polar surface area (TPSA) is 46.3 Å². The summed E-state index contributed by atoms with van der Waals surface area (Å²) in [5, 5.41) is 0. The average Bonchev–Trinajstić information content (AvgIpc) is 2.54. The molecule has 3 nitrogen and oxygen atoms in total. The van der Waals surface area contributed by atoms with E-state index in [1.807, 2.05) is 17.0 Å². The van der Waals surface area contributed by atoms with Gasteiger partial charge in [0, 0.05) is 25.2 Å². The molecule has 0 unspecified atom stereocenters. The summed E-state index contributed by atoms with van der Waals surface area (Å²) in [6.07, 6.45) is 2.03. The SMILES string of the molecule is CC(=O)N1c2ccc(-c3cccc(CN)c3)cc2CC[C@@H]1C. The average molecular weight is 294 g/mol. The van der Waals surface area contributed by atoms with Crippen LogP contribution < -0.4 is 10.6 Å². The van der Waals surface area contributed by atoms with Gasteiger partial charge in [0.2, 0.25) is 5.91 Å². The lowest BCUT2D eigenvalue weighted by atomic mass is 9.92. The molecule has 0 aliphatic carbocycles. The maximum atomic E-state index is 11.9. The number of hydrogen-bond donors (Lipinski definition) is 1. The van der Waals surface area contributed by atoms with Crippen LogP contribution in [0.2, 0.25) is 0 Å². The highest BCUT2D eigenvalue weighted by Gasteiger charge is 2.26. The summed E-state index contributed by atoms with van der Waals surface area (Å²) in [6.45, 7) is 4.31. The van der Waals surface area contributed by atoms with Crippen LogP contribution in [-0.2, 0) is 17.8 Å². The second-order valence-electron chi connectivity index (χ2n) is 6.02. The first-order chi connectivity index (χ1) is 10.6. The van der Waals surface area contributed by atoms with Crippen molar-refractivity contribution in [3.8, 4) is 11.1 Å². The van der Waals surface area contributed by atoms with Gasteiger partial charge in [-0.2, -0.15) is 0 Å². The van der Waals surface area contributed by atoms with Crippen LogP contribution in [0.1, 0.15) is 31.4 Å². The Morgan fingerprint density at radius 3 is 2.73 bits per heavy atom. The molecule has 1 heterocycles. The largest absolute Gasteiger partial charge is 0.326 e. The van der Waals surface area contributed by atoms with E-state index in [2.05, 4.69) is 37.3 Å². The number of benzene rings is 2. The van der Waals surface area contributed by atoms with Gasteiger partial charge in [0.25, 0.3) is 0 Å². The second kappa shape index (κ2) is 5.93. The Kier molecular flexibility index (Phi) is 3.99. The molecule has 0 saturated heterocycles. The van der Waals surface area contributed by atoms with Gasteiger partial charge in [-0.15, -0.1) is 0 Å². The summed E-state index contributed by atoms with van der Waals surface area (Å²) in [5.41, 5.74) is 11.5. The number of anilines is 1. The number of aryl methyl sites for hydroxylation is 1. The third-order valence-corrected chi connectivity index (χ3v) is 4.45. The molecule has 0 fully saturated rings. The number of rotatable bonds is 2. The molecule has 2 aromatic carbocycles. The van der Waals surface area contributed by atoms with E-state index >= 15 is 0 Å². The molecular weight excluding hydrogens is 272 g/mol. The maximum Gasteiger partial charge on any atom is 0.224 e. The van der Waals surface area contributed by atoms with E-state index in [1.165, 1.54) is 16.7 Å². The minimum absolute atomic E-state index is 0.117. The van der Waals surface area contributed by atoms with Crippen LogP contribution in [0.3, 0.4) is 0 Å². The zero-order valence-corrected chi connectivity index (χ0v) is 13.2. The number of nitrogens with two attached hydrogens (primary N) is 1. The second-order valence-corrected chi connectivity index (χ2v) is 6.02. The molecule has 0 spiro atoms. The third kappa shape index (κ3) is 2.64. The number of nitrogens with zero attached hydrogens (tertiary/aromatic N) is 1. The fourth-order valence-electron chi connectivity index (χ4n) is 3.29. The van der Waals surface area contributed by atoms with Crippen molar-refractivity contribution in [3.05, 3.63) is 53.6 Å². The van der Waals surface area contributed by atoms with Crippen LogP contribution in [0.5, 0.6) is 0 Å². The highest BCUT2D eigenvalue weighted by molar-refractivity contribution is 5.94. The first kappa shape index (κ1) is 14.8. The molecule has 22 heavy (non-hydrogen) atoms. The van der Waals surface area contributed by atoms with Gasteiger partial charge in [0.05, 0.1) is 0 Å². The summed E-state index contributed by atoms with van der Waals surface area (Å²) in [5.74, 6) is 0.117. The number of hydrogen-bond acceptors (Lipinski definition) is 2. The summed E-state index contributed by atoms with van der Waals surface area (Å²) < 4.78 is 0. The predicted molar refractivity (Wildman–Crippen MR) is 90.7 cm³/mol. The summed E-state index contributed by atoms with van der Waals surface area (Å²) >= 11 is 0. The lowest BCUT2D eigenvalue weighted by Crippen LogP contribution is -2.40. The van der Waals surface area contributed by atoms with Crippen molar-refractivity contribution < 1.29 is 4.79 Å². The number of carbonyl (C=O) groups excluding carboxylic acids is 1. The zero-order chi connectivity index (χ0) is 15.7. The first-order valence-corrected chi connectivity index (χ1v) is 7.82. The molecule has 2 N–H and O–H groups in total. The van der Waals surface area contributed by atoms with Crippen molar-refractivity contribution in [2.75, 3.05) is 4.90 Å². The standard InChI is InChI=1S/C19H22N2O/c1-13-6-7-18-11-17(8-9-19(18)21(13)14(2)22)16-5-3-4-15(10-16)12-20/h3-5,8-11,13H,6-7,12,20H2,1-2H3/t13-/m0/s1. The van der Waals surface area contributed by atoms with E-state index in [-0.39, 0.29) is 11.9 Å². The van der Waals surface area contributed by atoms with E-state index < -0.39 is 0 Å². The molecule has 3 heteroatoms.